The van der Waals surface area contributed by atoms with Crippen molar-refractivity contribution in [3.63, 3.8) is 0 Å². The largest absolute Gasteiger partial charge is 0.381 e. The molecule has 0 amide bonds. The Morgan fingerprint density at radius 1 is 1.00 bits per heavy atom. The average molecular weight is 214 g/mol. The van der Waals surface area contributed by atoms with Crippen LogP contribution in [0.3, 0.4) is 0 Å². The first-order valence-electron chi connectivity index (χ1n) is 6.38. The van der Waals surface area contributed by atoms with Crippen LogP contribution in [0.15, 0.2) is 0 Å². The standard InChI is InChI=1S/C13H26O2/c1-4-14-10-13(11-15-5-2)8-6-12(3)7-9-13/h12H,4-11H2,1-3H3. The highest BCUT2D eigenvalue weighted by Crippen LogP contribution is 2.39. The SMILES string of the molecule is CCOCC1(COCC)CCC(C)CC1. The molecule has 1 saturated carbocycles. The molecule has 0 aliphatic heterocycles. The van der Waals surface area contributed by atoms with Crippen LogP contribution in [-0.2, 0) is 9.47 Å². The van der Waals surface area contributed by atoms with Gasteiger partial charge in [-0.1, -0.05) is 19.8 Å². The number of hydrogen-bond acceptors (Lipinski definition) is 2. The molecule has 0 bridgehead atoms. The summed E-state index contributed by atoms with van der Waals surface area (Å²) in [7, 11) is 0. The molecule has 0 spiro atoms. The maximum absolute atomic E-state index is 5.63. The molecule has 0 aromatic heterocycles. The summed E-state index contributed by atoms with van der Waals surface area (Å²) in [6.45, 7) is 9.91. The zero-order chi connectivity index (χ0) is 11.1. The smallest absolute Gasteiger partial charge is 0.0544 e. The molecule has 0 radical (unpaired) electrons. The monoisotopic (exact) mass is 214 g/mol. The zero-order valence-electron chi connectivity index (χ0n) is 10.6. The van der Waals surface area contributed by atoms with Gasteiger partial charge in [-0.2, -0.15) is 0 Å². The normalized spacial score (nSPS) is 21.8. The lowest BCUT2D eigenvalue weighted by molar-refractivity contribution is -0.0430. The van der Waals surface area contributed by atoms with Gasteiger partial charge >= 0.3 is 0 Å². The van der Waals surface area contributed by atoms with E-state index in [0.717, 1.165) is 32.3 Å². The lowest BCUT2D eigenvalue weighted by atomic mass is 9.72. The van der Waals surface area contributed by atoms with E-state index in [1.165, 1.54) is 25.7 Å². The van der Waals surface area contributed by atoms with Crippen molar-refractivity contribution in [3.05, 3.63) is 0 Å². The van der Waals surface area contributed by atoms with Crippen molar-refractivity contribution in [2.45, 2.75) is 46.5 Å². The molecule has 0 N–H and O–H groups in total. The van der Waals surface area contributed by atoms with Gasteiger partial charge in [-0.05, 0) is 32.6 Å². The fourth-order valence-electron chi connectivity index (χ4n) is 2.34. The summed E-state index contributed by atoms with van der Waals surface area (Å²) >= 11 is 0. The molecule has 0 atom stereocenters. The highest BCUT2D eigenvalue weighted by atomic mass is 16.5. The zero-order valence-corrected chi connectivity index (χ0v) is 10.6. The van der Waals surface area contributed by atoms with E-state index in [-0.39, 0.29) is 0 Å². The molecule has 0 heterocycles. The summed E-state index contributed by atoms with van der Waals surface area (Å²) in [4.78, 5) is 0. The van der Waals surface area contributed by atoms with Crippen molar-refractivity contribution in [1.29, 1.82) is 0 Å². The van der Waals surface area contributed by atoms with E-state index in [9.17, 15) is 0 Å². The maximum Gasteiger partial charge on any atom is 0.0544 e. The van der Waals surface area contributed by atoms with Crippen LogP contribution in [0, 0.1) is 11.3 Å². The minimum atomic E-state index is 0.318. The van der Waals surface area contributed by atoms with Gasteiger partial charge in [0.25, 0.3) is 0 Å². The van der Waals surface area contributed by atoms with Crippen molar-refractivity contribution in [2.75, 3.05) is 26.4 Å². The summed E-state index contributed by atoms with van der Waals surface area (Å²) in [5, 5.41) is 0. The Morgan fingerprint density at radius 3 is 1.87 bits per heavy atom. The van der Waals surface area contributed by atoms with E-state index in [4.69, 9.17) is 9.47 Å². The molecule has 15 heavy (non-hydrogen) atoms. The van der Waals surface area contributed by atoms with Crippen molar-refractivity contribution in [3.8, 4) is 0 Å². The molecular weight excluding hydrogens is 188 g/mol. The quantitative estimate of drug-likeness (QED) is 0.675. The van der Waals surface area contributed by atoms with Crippen LogP contribution in [0.1, 0.15) is 46.5 Å². The summed E-state index contributed by atoms with van der Waals surface area (Å²) in [6.07, 6.45) is 5.21. The van der Waals surface area contributed by atoms with Crippen LogP contribution in [0.25, 0.3) is 0 Å². The molecule has 90 valence electrons. The first-order chi connectivity index (χ1) is 7.22. The molecule has 1 fully saturated rings. The van der Waals surface area contributed by atoms with E-state index in [1.807, 2.05) is 0 Å². The van der Waals surface area contributed by atoms with Gasteiger partial charge in [0.1, 0.15) is 0 Å². The highest BCUT2D eigenvalue weighted by Gasteiger charge is 2.34. The Morgan fingerprint density at radius 2 is 1.47 bits per heavy atom. The first kappa shape index (κ1) is 13.0. The Balaban J connectivity index is 2.44. The molecule has 2 nitrogen and oxygen atoms in total. The Kier molecular flexibility index (Phi) is 5.62. The minimum absolute atomic E-state index is 0.318. The highest BCUT2D eigenvalue weighted by molar-refractivity contribution is 4.84. The topological polar surface area (TPSA) is 18.5 Å². The van der Waals surface area contributed by atoms with Gasteiger partial charge < -0.3 is 9.47 Å². The summed E-state index contributed by atoms with van der Waals surface area (Å²) in [5.41, 5.74) is 0.318. The second-order valence-electron chi connectivity index (χ2n) is 4.96. The van der Waals surface area contributed by atoms with Crippen molar-refractivity contribution in [2.24, 2.45) is 11.3 Å². The first-order valence-corrected chi connectivity index (χ1v) is 6.38. The van der Waals surface area contributed by atoms with Gasteiger partial charge in [-0.3, -0.25) is 0 Å². The van der Waals surface area contributed by atoms with Gasteiger partial charge in [0.2, 0.25) is 0 Å². The van der Waals surface area contributed by atoms with Crippen LogP contribution in [0.4, 0.5) is 0 Å². The van der Waals surface area contributed by atoms with Crippen LogP contribution >= 0.6 is 0 Å². The van der Waals surface area contributed by atoms with Gasteiger partial charge in [0.15, 0.2) is 0 Å². The van der Waals surface area contributed by atoms with Crippen LogP contribution in [0.2, 0.25) is 0 Å². The lowest BCUT2D eigenvalue weighted by Crippen LogP contribution is -2.36. The average Bonchev–Trinajstić information content (AvgIpc) is 2.27. The molecule has 1 aliphatic carbocycles. The second kappa shape index (κ2) is 6.49. The third-order valence-electron chi connectivity index (χ3n) is 3.56. The Labute approximate surface area is 94.3 Å². The Bertz CT molecular complexity index is 142. The summed E-state index contributed by atoms with van der Waals surface area (Å²) in [5.74, 6) is 0.890. The minimum Gasteiger partial charge on any atom is -0.381 e. The molecule has 1 rings (SSSR count). The van der Waals surface area contributed by atoms with E-state index >= 15 is 0 Å². The van der Waals surface area contributed by atoms with Gasteiger partial charge in [0.05, 0.1) is 13.2 Å². The fraction of sp³-hybridized carbons (Fsp3) is 1.00. The Hall–Kier alpha value is -0.0800. The van der Waals surface area contributed by atoms with E-state index < -0.39 is 0 Å². The van der Waals surface area contributed by atoms with Crippen LogP contribution in [0.5, 0.6) is 0 Å². The third kappa shape index (κ3) is 4.12. The molecule has 1 aliphatic rings. The number of ether oxygens (including phenoxy) is 2. The summed E-state index contributed by atoms with van der Waals surface area (Å²) < 4.78 is 11.3. The molecule has 2 heteroatoms. The van der Waals surface area contributed by atoms with E-state index in [0.29, 0.717) is 5.41 Å². The molecule has 0 aromatic rings. The van der Waals surface area contributed by atoms with Crippen molar-refractivity contribution < 1.29 is 9.47 Å². The molecule has 0 unspecified atom stereocenters. The predicted octanol–water partition coefficient (Wildman–Crippen LogP) is 3.26. The maximum atomic E-state index is 5.63. The van der Waals surface area contributed by atoms with Crippen LogP contribution in [-0.4, -0.2) is 26.4 Å². The van der Waals surface area contributed by atoms with E-state index in [1.54, 1.807) is 0 Å². The molecule has 0 aromatic carbocycles. The van der Waals surface area contributed by atoms with Crippen molar-refractivity contribution in [1.82, 2.24) is 0 Å². The third-order valence-corrected chi connectivity index (χ3v) is 3.56. The molecule has 0 saturated heterocycles. The second-order valence-corrected chi connectivity index (χ2v) is 4.96. The number of rotatable bonds is 6. The predicted molar refractivity (Wildman–Crippen MR) is 63.1 cm³/mol. The van der Waals surface area contributed by atoms with Crippen molar-refractivity contribution >= 4 is 0 Å². The van der Waals surface area contributed by atoms with Gasteiger partial charge in [-0.15, -0.1) is 0 Å². The van der Waals surface area contributed by atoms with E-state index in [2.05, 4.69) is 20.8 Å². The summed E-state index contributed by atoms with van der Waals surface area (Å²) in [6, 6.07) is 0. The van der Waals surface area contributed by atoms with Gasteiger partial charge in [0, 0.05) is 18.6 Å². The number of hydrogen-bond donors (Lipinski definition) is 0. The fourth-order valence-corrected chi connectivity index (χ4v) is 2.34. The lowest BCUT2D eigenvalue weighted by Gasteiger charge is -2.38. The van der Waals surface area contributed by atoms with Crippen LogP contribution < -0.4 is 0 Å². The molecular formula is C13H26O2. The van der Waals surface area contributed by atoms with Gasteiger partial charge in [-0.25, -0.2) is 0 Å².